The van der Waals surface area contributed by atoms with E-state index in [1.165, 1.54) is 6.92 Å². The van der Waals surface area contributed by atoms with Gasteiger partial charge in [0.1, 0.15) is 11.6 Å². The Labute approximate surface area is 412 Å². The molecule has 0 aliphatic carbocycles. The van der Waals surface area contributed by atoms with E-state index < -0.39 is 35.7 Å². The first kappa shape index (κ1) is 39.0. The van der Waals surface area contributed by atoms with Crippen LogP contribution in [0.15, 0.2) is 170 Å². The molecule has 2 heterocycles. The molecule has 9 rings (SSSR count). The zero-order valence-electron chi connectivity index (χ0n) is 47.0. The second-order valence-electron chi connectivity index (χ2n) is 21.5. The summed E-state index contributed by atoms with van der Waals surface area (Å²) < 4.78 is 54.4. The molecule has 0 radical (unpaired) electrons. The van der Waals surface area contributed by atoms with Gasteiger partial charge >= 0.3 is 0 Å². The highest BCUT2D eigenvalue weighted by Gasteiger charge is 2.31. The van der Waals surface area contributed by atoms with E-state index in [9.17, 15) is 5.11 Å². The fourth-order valence-electron chi connectivity index (χ4n) is 9.14. The summed E-state index contributed by atoms with van der Waals surface area (Å²) in [7, 11) is 0. The van der Waals surface area contributed by atoms with Crippen LogP contribution in [0.25, 0.3) is 83.9 Å². The maximum Gasteiger partial charge on any atom is 0.149 e. The number of imidazole rings is 1. The SMILES string of the molecule is [2H]C([2H])([2H])C(C)(c1cc(C(C)(C)C)cc(-c2nc3c(-c4cc(-c5cc(-c6ccc(-c7ccccc7)cc6)ccn5)cc(C(C)(C)C)c4)cccc3n2-c2ccc(-c3ccccc3)cc2C(C)(C)C)c1O)C([2H])([2H])[2H]. The van der Waals surface area contributed by atoms with Gasteiger partial charge in [0.25, 0.3) is 0 Å². The number of nitrogens with zero attached hydrogens (tertiary/aromatic N) is 3. The van der Waals surface area contributed by atoms with Crippen molar-refractivity contribution < 1.29 is 13.3 Å². The highest BCUT2D eigenvalue weighted by atomic mass is 16.3. The van der Waals surface area contributed by atoms with Crippen LogP contribution in [0, 0.1) is 0 Å². The Morgan fingerprint density at radius 1 is 0.441 bits per heavy atom. The molecule has 0 atom stereocenters. The fraction of sp³-hybridized carbons (Fsp3) is 0.250. The van der Waals surface area contributed by atoms with Gasteiger partial charge in [0.05, 0.1) is 28.0 Å². The molecule has 68 heavy (non-hydrogen) atoms. The Morgan fingerprint density at radius 2 is 1.00 bits per heavy atom. The molecule has 0 amide bonds. The molecule has 4 heteroatoms. The summed E-state index contributed by atoms with van der Waals surface area (Å²) in [4.78, 5) is 10.5. The van der Waals surface area contributed by atoms with Gasteiger partial charge in [-0.15, -0.1) is 0 Å². The molecular weight excluding hydrogens is 827 g/mol. The number of aromatic nitrogens is 3. The quantitative estimate of drug-likeness (QED) is 0.173. The van der Waals surface area contributed by atoms with Gasteiger partial charge in [0.2, 0.25) is 0 Å². The van der Waals surface area contributed by atoms with Crippen LogP contribution in [0.2, 0.25) is 0 Å². The first-order valence-electron chi connectivity index (χ1n) is 26.5. The van der Waals surface area contributed by atoms with Crippen LogP contribution in [-0.2, 0) is 21.7 Å². The molecule has 4 nitrogen and oxygen atoms in total. The van der Waals surface area contributed by atoms with Crippen LogP contribution < -0.4 is 0 Å². The topological polar surface area (TPSA) is 50.9 Å². The summed E-state index contributed by atoms with van der Waals surface area (Å²) >= 11 is 0. The summed E-state index contributed by atoms with van der Waals surface area (Å²) in [6.45, 7) is 14.2. The van der Waals surface area contributed by atoms with Crippen molar-refractivity contribution in [1.82, 2.24) is 14.5 Å². The van der Waals surface area contributed by atoms with Gasteiger partial charge in [-0.25, -0.2) is 4.98 Å². The summed E-state index contributed by atoms with van der Waals surface area (Å²) in [6, 6.07) is 55.8. The number of phenolic OH excluding ortho intramolecular Hbond substituents is 1. The minimum Gasteiger partial charge on any atom is -0.507 e. The normalized spacial score (nSPS) is 14.1. The Hall–Kier alpha value is -7.04. The molecule has 0 saturated heterocycles. The summed E-state index contributed by atoms with van der Waals surface area (Å²) in [5.74, 6) is -0.102. The van der Waals surface area contributed by atoms with Crippen molar-refractivity contribution in [3.63, 3.8) is 0 Å². The maximum atomic E-state index is 12.8. The minimum absolute atomic E-state index is 0.182. The Kier molecular flexibility index (Phi) is 9.89. The van der Waals surface area contributed by atoms with Crippen molar-refractivity contribution in [3.8, 4) is 78.6 Å². The molecule has 1 N–H and O–H groups in total. The summed E-state index contributed by atoms with van der Waals surface area (Å²) in [5.41, 5.74) is 11.3. The van der Waals surface area contributed by atoms with Crippen LogP contribution >= 0.6 is 0 Å². The third kappa shape index (κ3) is 9.05. The van der Waals surface area contributed by atoms with Crippen molar-refractivity contribution in [2.45, 2.75) is 105 Å². The van der Waals surface area contributed by atoms with Gasteiger partial charge in [-0.3, -0.25) is 9.55 Å². The van der Waals surface area contributed by atoms with Gasteiger partial charge < -0.3 is 5.11 Å². The highest BCUT2D eigenvalue weighted by Crippen LogP contribution is 2.46. The predicted octanol–water partition coefficient (Wildman–Crippen LogP) is 17.3. The fourth-order valence-corrected chi connectivity index (χ4v) is 9.14. The average Bonchev–Trinajstić information content (AvgIpc) is 3.74. The number of pyridine rings is 1. The number of benzene rings is 7. The van der Waals surface area contributed by atoms with E-state index in [0.717, 1.165) is 78.1 Å². The Morgan fingerprint density at radius 3 is 1.62 bits per heavy atom. The molecule has 0 saturated carbocycles. The standard InChI is InChI=1S/C64H65N3O/c1-61(2,3)49-35-47(34-48(36-49)55-38-46(32-33-65-55)44-28-26-43(27-29-44)41-20-15-13-16-21-41)51-24-19-25-57-58(51)66-60(52-39-50(62(4,5)6)40-54(59(52)68)64(10,11)12)67(57)56-31-30-45(37-53(56)63(7,8)9)42-22-17-14-18-23-42/h13-40,68H,1-12H3/i10D3,11D3. The molecule has 9 aromatic rings. The lowest BCUT2D eigenvalue weighted by atomic mass is 9.78. The number of hydrogen-bond donors (Lipinski definition) is 1. The van der Waals surface area contributed by atoms with Gasteiger partial charge in [-0.05, 0) is 126 Å². The van der Waals surface area contributed by atoms with E-state index in [4.69, 9.17) is 18.2 Å². The lowest BCUT2D eigenvalue weighted by Gasteiger charge is -2.28. The average molecular weight is 898 g/mol. The molecule has 0 aliphatic heterocycles. The Balaban J connectivity index is 1.32. The van der Waals surface area contributed by atoms with E-state index >= 15 is 0 Å². The largest absolute Gasteiger partial charge is 0.507 e. The number of aromatic hydroxyl groups is 1. The summed E-state index contributed by atoms with van der Waals surface area (Å²) in [5, 5.41) is 12.8. The van der Waals surface area contributed by atoms with Crippen molar-refractivity contribution in [1.29, 1.82) is 0 Å². The molecule has 342 valence electrons. The van der Waals surface area contributed by atoms with Crippen LogP contribution in [0.5, 0.6) is 5.75 Å². The van der Waals surface area contributed by atoms with Crippen LogP contribution in [0.4, 0.5) is 0 Å². The highest BCUT2D eigenvalue weighted by molar-refractivity contribution is 5.97. The molecule has 7 aromatic carbocycles. The second-order valence-corrected chi connectivity index (χ2v) is 21.5. The van der Waals surface area contributed by atoms with Crippen molar-refractivity contribution >= 4 is 11.0 Å². The van der Waals surface area contributed by atoms with Crippen LogP contribution in [0.3, 0.4) is 0 Å². The van der Waals surface area contributed by atoms with E-state index in [-0.39, 0.29) is 16.5 Å². The number of fused-ring (bicyclic) bond motifs is 1. The molecular formula is C64H65N3O. The molecule has 0 bridgehead atoms. The van der Waals surface area contributed by atoms with Gasteiger partial charge in [0.15, 0.2) is 0 Å². The van der Waals surface area contributed by atoms with Crippen molar-refractivity contribution in [3.05, 3.63) is 192 Å². The second kappa shape index (κ2) is 17.2. The predicted molar refractivity (Wildman–Crippen MR) is 288 cm³/mol. The number of phenols is 1. The number of rotatable bonds is 7. The number of hydrogen-bond acceptors (Lipinski definition) is 3. The smallest absolute Gasteiger partial charge is 0.149 e. The van der Waals surface area contributed by atoms with Gasteiger partial charge in [0, 0.05) is 31.1 Å². The maximum absolute atomic E-state index is 12.8. The van der Waals surface area contributed by atoms with Crippen LogP contribution in [-0.4, -0.2) is 19.6 Å². The lowest BCUT2D eigenvalue weighted by molar-refractivity contribution is 0.446. The van der Waals surface area contributed by atoms with Crippen molar-refractivity contribution in [2.24, 2.45) is 0 Å². The molecule has 0 fully saturated rings. The first-order valence-corrected chi connectivity index (χ1v) is 23.5. The number of para-hydroxylation sites is 1. The van der Waals surface area contributed by atoms with Crippen LogP contribution in [0.1, 0.15) is 113 Å². The third-order valence-corrected chi connectivity index (χ3v) is 13.1. The monoisotopic (exact) mass is 898 g/mol. The van der Waals surface area contributed by atoms with E-state index in [1.54, 1.807) is 6.07 Å². The molecule has 2 aromatic heterocycles. The first-order chi connectivity index (χ1) is 34.6. The molecule has 0 spiro atoms. The van der Waals surface area contributed by atoms with Gasteiger partial charge in [-0.2, -0.15) is 0 Å². The summed E-state index contributed by atoms with van der Waals surface area (Å²) in [6.07, 6.45) is 1.86. The van der Waals surface area contributed by atoms with E-state index in [0.29, 0.717) is 16.9 Å². The van der Waals surface area contributed by atoms with E-state index in [1.807, 2.05) is 87.6 Å². The minimum atomic E-state index is -3.03. The zero-order chi connectivity index (χ0) is 53.3. The van der Waals surface area contributed by atoms with E-state index in [2.05, 4.69) is 143 Å². The molecule has 0 unspecified atom stereocenters. The third-order valence-electron chi connectivity index (χ3n) is 13.1. The lowest BCUT2D eigenvalue weighted by Crippen LogP contribution is -2.18. The van der Waals surface area contributed by atoms with Gasteiger partial charge in [-0.1, -0.05) is 198 Å². The zero-order valence-corrected chi connectivity index (χ0v) is 41.0. The van der Waals surface area contributed by atoms with Crippen molar-refractivity contribution in [2.75, 3.05) is 0 Å². The Bertz CT molecular complexity index is 3520. The molecule has 0 aliphatic rings.